The third kappa shape index (κ3) is 9.27. The predicted molar refractivity (Wildman–Crippen MR) is 167 cm³/mol. The van der Waals surface area contributed by atoms with Gasteiger partial charge in [0.2, 0.25) is 12.0 Å². The van der Waals surface area contributed by atoms with Gasteiger partial charge in [-0.2, -0.15) is 0 Å². The Bertz CT molecular complexity index is 1760. The Labute approximate surface area is 278 Å². The van der Waals surface area contributed by atoms with Crippen LogP contribution in [0.15, 0.2) is 66.7 Å². The molecule has 0 saturated carbocycles. The third-order valence-corrected chi connectivity index (χ3v) is 6.96. The second-order valence-electron chi connectivity index (χ2n) is 10.6. The number of rotatable bonds is 11. The number of aliphatic hydroxyl groups excluding tert-OH is 1. The van der Waals surface area contributed by atoms with Gasteiger partial charge < -0.3 is 54.3 Å². The first-order valence-electron chi connectivity index (χ1n) is 14.5. The maximum Gasteiger partial charge on any atom is 0.330 e. The number of carbonyl (C=O) groups excluding carboxylic acids is 4. The number of benzene rings is 3. The SMILES string of the molecule is CC(=O)O[C@@H]1C(COC(=O)/C=C/c2ccc(O)cc2)O[C@@H](Oc2ccc(C(=O)/C=C/c3ccc(O)c(O)c3)c(O)c2O)C(O)[C@H]1OC(C)=O. The van der Waals surface area contributed by atoms with Crippen molar-refractivity contribution < 1.29 is 73.5 Å². The van der Waals surface area contributed by atoms with E-state index in [0.29, 0.717) is 11.1 Å². The number of ketones is 1. The van der Waals surface area contributed by atoms with Crippen LogP contribution in [0.5, 0.6) is 34.5 Å². The van der Waals surface area contributed by atoms with Gasteiger partial charge in [0.05, 0.1) is 5.56 Å². The van der Waals surface area contributed by atoms with Crippen molar-refractivity contribution in [2.45, 2.75) is 44.6 Å². The highest BCUT2D eigenvalue weighted by Gasteiger charge is 2.51. The first-order chi connectivity index (χ1) is 23.2. The second-order valence-corrected chi connectivity index (χ2v) is 10.6. The zero-order chi connectivity index (χ0) is 35.8. The number of phenolic OH excluding ortho intramolecular Hbond substituents is 5. The van der Waals surface area contributed by atoms with Crippen LogP contribution >= 0.6 is 0 Å². The number of aromatic hydroxyl groups is 5. The van der Waals surface area contributed by atoms with E-state index >= 15 is 0 Å². The molecule has 0 amide bonds. The highest BCUT2D eigenvalue weighted by Crippen LogP contribution is 2.40. The fraction of sp³-hybridized carbons (Fsp3) is 0.235. The lowest BCUT2D eigenvalue weighted by molar-refractivity contribution is -0.285. The number of hydrogen-bond donors (Lipinski definition) is 6. The number of aliphatic hydroxyl groups is 1. The lowest BCUT2D eigenvalue weighted by Gasteiger charge is -2.42. The van der Waals surface area contributed by atoms with Gasteiger partial charge in [0, 0.05) is 19.9 Å². The zero-order valence-corrected chi connectivity index (χ0v) is 26.0. The number of allylic oxidation sites excluding steroid dienone is 1. The first kappa shape index (κ1) is 35.8. The van der Waals surface area contributed by atoms with Crippen molar-refractivity contribution >= 4 is 35.8 Å². The van der Waals surface area contributed by atoms with Gasteiger partial charge in [-0.05, 0) is 59.7 Å². The molecular weight excluding hydrogens is 648 g/mol. The summed E-state index contributed by atoms with van der Waals surface area (Å²) in [6, 6.07) is 11.9. The summed E-state index contributed by atoms with van der Waals surface area (Å²) in [7, 11) is 0. The minimum atomic E-state index is -1.86. The van der Waals surface area contributed by atoms with E-state index in [1.807, 2.05) is 0 Å². The average molecular weight is 681 g/mol. The quantitative estimate of drug-likeness (QED) is 0.0561. The smallest absolute Gasteiger partial charge is 0.330 e. The molecule has 15 heteroatoms. The van der Waals surface area contributed by atoms with Crippen LogP contribution < -0.4 is 4.74 Å². The molecule has 3 aromatic rings. The summed E-state index contributed by atoms with van der Waals surface area (Å²) in [5, 5.41) is 60.9. The van der Waals surface area contributed by atoms with Gasteiger partial charge in [0.1, 0.15) is 18.5 Å². The summed E-state index contributed by atoms with van der Waals surface area (Å²) in [5.74, 6) is -6.40. The first-order valence-corrected chi connectivity index (χ1v) is 14.5. The van der Waals surface area contributed by atoms with Gasteiger partial charge >= 0.3 is 17.9 Å². The number of ether oxygens (including phenoxy) is 5. The number of phenols is 5. The molecule has 2 unspecified atom stereocenters. The minimum absolute atomic E-state index is 0.0293. The van der Waals surface area contributed by atoms with Crippen LogP contribution in [0.3, 0.4) is 0 Å². The number of hydrogen-bond acceptors (Lipinski definition) is 15. The third-order valence-electron chi connectivity index (χ3n) is 6.96. The molecule has 1 fully saturated rings. The van der Waals surface area contributed by atoms with Crippen molar-refractivity contribution in [3.63, 3.8) is 0 Å². The van der Waals surface area contributed by atoms with E-state index < -0.39 is 84.0 Å². The Kier molecular flexibility index (Phi) is 11.5. The van der Waals surface area contributed by atoms with Crippen LogP contribution in [0.25, 0.3) is 12.2 Å². The van der Waals surface area contributed by atoms with Gasteiger partial charge in [-0.3, -0.25) is 14.4 Å². The van der Waals surface area contributed by atoms with Crippen LogP contribution in [0.4, 0.5) is 0 Å². The van der Waals surface area contributed by atoms with E-state index in [9.17, 15) is 49.8 Å². The Hall–Kier alpha value is -6.06. The van der Waals surface area contributed by atoms with Crippen LogP contribution in [0, 0.1) is 0 Å². The lowest BCUT2D eigenvalue weighted by Crippen LogP contribution is -2.62. The van der Waals surface area contributed by atoms with Crippen LogP contribution in [-0.2, 0) is 33.3 Å². The molecule has 0 aliphatic carbocycles. The fourth-order valence-electron chi connectivity index (χ4n) is 4.63. The van der Waals surface area contributed by atoms with Gasteiger partial charge in [-0.1, -0.05) is 24.3 Å². The van der Waals surface area contributed by atoms with Gasteiger partial charge in [-0.25, -0.2) is 4.79 Å². The maximum atomic E-state index is 12.8. The molecule has 4 rings (SSSR count). The summed E-state index contributed by atoms with van der Waals surface area (Å²) < 4.78 is 27.1. The molecule has 49 heavy (non-hydrogen) atoms. The summed E-state index contributed by atoms with van der Waals surface area (Å²) in [4.78, 5) is 49.1. The molecular formula is C34H32O15. The molecule has 0 radical (unpaired) electrons. The van der Waals surface area contributed by atoms with Crippen molar-refractivity contribution in [2.24, 2.45) is 0 Å². The van der Waals surface area contributed by atoms with E-state index in [1.165, 1.54) is 42.5 Å². The summed E-state index contributed by atoms with van der Waals surface area (Å²) in [5.41, 5.74) is 0.559. The monoisotopic (exact) mass is 680 g/mol. The van der Waals surface area contributed by atoms with Crippen LogP contribution in [-0.4, -0.2) is 91.6 Å². The fourth-order valence-corrected chi connectivity index (χ4v) is 4.63. The van der Waals surface area contributed by atoms with Gasteiger partial charge in [0.15, 0.2) is 47.1 Å². The molecule has 15 nitrogen and oxygen atoms in total. The van der Waals surface area contributed by atoms with Crippen molar-refractivity contribution in [2.75, 3.05) is 6.61 Å². The largest absolute Gasteiger partial charge is 0.508 e. The summed E-state index contributed by atoms with van der Waals surface area (Å²) in [6.45, 7) is 1.48. The highest BCUT2D eigenvalue weighted by atomic mass is 16.7. The average Bonchev–Trinajstić information content (AvgIpc) is 3.05. The minimum Gasteiger partial charge on any atom is -0.508 e. The van der Waals surface area contributed by atoms with E-state index in [0.717, 1.165) is 38.1 Å². The van der Waals surface area contributed by atoms with E-state index in [4.69, 9.17) is 23.7 Å². The second kappa shape index (κ2) is 15.7. The maximum absolute atomic E-state index is 12.8. The molecule has 6 N–H and O–H groups in total. The standard InChI is InChI=1S/C34H32O15/c1-17(35)46-32-27(16-45-28(41)14-7-19-3-8-21(37)9-4-19)49-34(31(44)33(32)47-18(2)36)48-26-13-10-22(29(42)30(26)43)23(38)11-5-20-6-12-24(39)25(40)15-20/h3-15,27,31-34,37,39-40,42-44H,16H2,1-2H3/b11-5+,14-7+/t27?,31?,32-,33-,34-/m1/s1. The predicted octanol–water partition coefficient (Wildman–Crippen LogP) is 2.70. The molecule has 0 aromatic heterocycles. The van der Waals surface area contributed by atoms with Gasteiger partial charge in [0.25, 0.3) is 0 Å². The Morgan fingerprint density at radius 1 is 0.755 bits per heavy atom. The van der Waals surface area contributed by atoms with E-state index in [2.05, 4.69) is 0 Å². The molecule has 0 spiro atoms. The molecule has 1 saturated heterocycles. The Morgan fingerprint density at radius 2 is 1.39 bits per heavy atom. The highest BCUT2D eigenvalue weighted by molar-refractivity contribution is 6.09. The summed E-state index contributed by atoms with van der Waals surface area (Å²) in [6.07, 6.45) is -3.32. The molecule has 3 aromatic carbocycles. The van der Waals surface area contributed by atoms with E-state index in [-0.39, 0.29) is 17.1 Å². The lowest BCUT2D eigenvalue weighted by atomic mass is 9.98. The van der Waals surface area contributed by atoms with Crippen LogP contribution in [0.2, 0.25) is 0 Å². The van der Waals surface area contributed by atoms with E-state index in [1.54, 1.807) is 12.1 Å². The number of carbonyl (C=O) groups is 4. The van der Waals surface area contributed by atoms with Crippen molar-refractivity contribution in [1.29, 1.82) is 0 Å². The van der Waals surface area contributed by atoms with Gasteiger partial charge in [-0.15, -0.1) is 0 Å². The number of esters is 3. The molecule has 0 bridgehead atoms. The van der Waals surface area contributed by atoms with Crippen molar-refractivity contribution in [3.05, 3.63) is 83.4 Å². The molecule has 5 atom stereocenters. The van der Waals surface area contributed by atoms with Crippen molar-refractivity contribution in [3.8, 4) is 34.5 Å². The normalized spacial score (nSPS) is 20.5. The summed E-state index contributed by atoms with van der Waals surface area (Å²) >= 11 is 0. The molecule has 1 aliphatic heterocycles. The molecule has 1 heterocycles. The zero-order valence-electron chi connectivity index (χ0n) is 26.0. The van der Waals surface area contributed by atoms with Crippen LogP contribution in [0.1, 0.15) is 35.3 Å². The Balaban J connectivity index is 1.54. The molecule has 1 aliphatic rings. The Morgan fingerprint density at radius 3 is 2.04 bits per heavy atom. The molecule has 258 valence electrons. The topological polar surface area (TPSA) is 236 Å². The van der Waals surface area contributed by atoms with Crippen molar-refractivity contribution in [1.82, 2.24) is 0 Å².